The molecular weight excluding hydrogens is 333 g/mol. The van der Waals surface area contributed by atoms with Crippen LogP contribution in [0.2, 0.25) is 0 Å². The van der Waals surface area contributed by atoms with Gasteiger partial charge in [0.15, 0.2) is 0 Å². The molecule has 0 saturated heterocycles. The minimum Gasteiger partial charge on any atom is -0.493 e. The highest BCUT2D eigenvalue weighted by atomic mass is 79.9. The summed E-state index contributed by atoms with van der Waals surface area (Å²) in [6.07, 6.45) is 1.92. The Labute approximate surface area is 132 Å². The summed E-state index contributed by atoms with van der Waals surface area (Å²) in [5, 5.41) is 3.48. The van der Waals surface area contributed by atoms with Crippen LogP contribution in [0.15, 0.2) is 40.9 Å². The summed E-state index contributed by atoms with van der Waals surface area (Å²) in [4.78, 5) is 0. The summed E-state index contributed by atoms with van der Waals surface area (Å²) in [7, 11) is 0. The Hall–Kier alpha value is -1.55. The molecule has 2 nitrogen and oxygen atoms in total. The molecule has 2 aromatic carbocycles. The van der Waals surface area contributed by atoms with Gasteiger partial charge in [-0.15, -0.1) is 0 Å². The summed E-state index contributed by atoms with van der Waals surface area (Å²) in [5.41, 5.74) is 3.41. The summed E-state index contributed by atoms with van der Waals surface area (Å²) in [5.74, 6) is 0.756. The van der Waals surface area contributed by atoms with Crippen LogP contribution in [0.25, 0.3) is 0 Å². The molecule has 1 unspecified atom stereocenters. The van der Waals surface area contributed by atoms with E-state index in [-0.39, 0.29) is 11.9 Å². The van der Waals surface area contributed by atoms with E-state index in [1.165, 1.54) is 23.3 Å². The second-order valence-electron chi connectivity index (χ2n) is 5.19. The van der Waals surface area contributed by atoms with E-state index in [0.717, 1.165) is 35.4 Å². The first-order valence-electron chi connectivity index (χ1n) is 7.14. The van der Waals surface area contributed by atoms with Crippen molar-refractivity contribution in [3.63, 3.8) is 0 Å². The summed E-state index contributed by atoms with van der Waals surface area (Å²) >= 11 is 3.40. The molecule has 4 heteroatoms. The zero-order valence-corrected chi connectivity index (χ0v) is 13.4. The molecule has 1 atom stereocenters. The maximum Gasteiger partial charge on any atom is 0.124 e. The van der Waals surface area contributed by atoms with Gasteiger partial charge in [-0.05, 0) is 63.8 Å². The van der Waals surface area contributed by atoms with Gasteiger partial charge >= 0.3 is 0 Å². The van der Waals surface area contributed by atoms with Crippen molar-refractivity contribution in [1.29, 1.82) is 0 Å². The molecule has 1 aliphatic heterocycles. The molecule has 0 aliphatic carbocycles. The number of anilines is 1. The molecule has 1 aliphatic rings. The molecule has 21 heavy (non-hydrogen) atoms. The predicted octanol–water partition coefficient (Wildman–Crippen LogP) is 5.09. The molecule has 0 fully saturated rings. The highest BCUT2D eigenvalue weighted by Crippen LogP contribution is 2.32. The normalized spacial score (nSPS) is 14.4. The van der Waals surface area contributed by atoms with Gasteiger partial charge in [-0.2, -0.15) is 0 Å². The molecule has 110 valence electrons. The van der Waals surface area contributed by atoms with Gasteiger partial charge in [0.1, 0.15) is 11.6 Å². The van der Waals surface area contributed by atoms with E-state index in [2.05, 4.69) is 40.3 Å². The third-order valence-corrected chi connectivity index (χ3v) is 4.44. The first-order valence-corrected chi connectivity index (χ1v) is 7.94. The maximum atomic E-state index is 13.2. The van der Waals surface area contributed by atoms with E-state index < -0.39 is 0 Å². The van der Waals surface area contributed by atoms with Crippen molar-refractivity contribution in [3.8, 4) is 5.75 Å². The number of rotatable bonds is 4. The molecule has 3 rings (SSSR count). The van der Waals surface area contributed by atoms with Gasteiger partial charge in [-0.25, -0.2) is 4.39 Å². The van der Waals surface area contributed by atoms with Crippen LogP contribution in [-0.4, -0.2) is 6.61 Å². The van der Waals surface area contributed by atoms with Crippen LogP contribution < -0.4 is 10.1 Å². The highest BCUT2D eigenvalue weighted by molar-refractivity contribution is 9.10. The Balaban J connectivity index is 1.85. The smallest absolute Gasteiger partial charge is 0.124 e. The largest absolute Gasteiger partial charge is 0.493 e. The van der Waals surface area contributed by atoms with Crippen LogP contribution in [-0.2, 0) is 6.42 Å². The minimum absolute atomic E-state index is 0.192. The Morgan fingerprint density at radius 3 is 2.90 bits per heavy atom. The average molecular weight is 350 g/mol. The third-order valence-electron chi connectivity index (χ3n) is 3.78. The van der Waals surface area contributed by atoms with Gasteiger partial charge in [0.05, 0.1) is 12.6 Å². The molecular formula is C17H17BrFNO. The number of halogens is 2. The lowest BCUT2D eigenvalue weighted by atomic mass is 10.0. The number of ether oxygens (including phenoxy) is 1. The minimum atomic E-state index is -0.241. The second kappa shape index (κ2) is 6.06. The number of hydrogen-bond acceptors (Lipinski definition) is 2. The van der Waals surface area contributed by atoms with Gasteiger partial charge < -0.3 is 10.1 Å². The standard InChI is InChI=1S/C17H17BrFNO/c1-2-15(20-16-5-4-13(19)10-14(16)18)11-3-6-17-12(9-11)7-8-21-17/h3-6,9-10,15,20H,2,7-8H2,1H3. The number of benzene rings is 2. The number of fused-ring (bicyclic) bond motifs is 1. The second-order valence-corrected chi connectivity index (χ2v) is 6.05. The zero-order valence-electron chi connectivity index (χ0n) is 11.8. The van der Waals surface area contributed by atoms with Crippen molar-refractivity contribution in [1.82, 2.24) is 0 Å². The molecule has 2 aromatic rings. The van der Waals surface area contributed by atoms with Gasteiger partial charge in [0.2, 0.25) is 0 Å². The lowest BCUT2D eigenvalue weighted by Gasteiger charge is -2.20. The van der Waals surface area contributed by atoms with Crippen molar-refractivity contribution in [2.45, 2.75) is 25.8 Å². The Morgan fingerprint density at radius 2 is 2.14 bits per heavy atom. The Kier molecular flexibility index (Phi) is 4.15. The van der Waals surface area contributed by atoms with Crippen LogP contribution in [0.1, 0.15) is 30.5 Å². The van der Waals surface area contributed by atoms with Crippen molar-refractivity contribution in [3.05, 3.63) is 57.8 Å². The summed E-state index contributed by atoms with van der Waals surface area (Å²) in [6.45, 7) is 2.91. The Bertz CT molecular complexity index is 659. The summed E-state index contributed by atoms with van der Waals surface area (Å²) < 4.78 is 19.5. The predicted molar refractivity (Wildman–Crippen MR) is 86.4 cm³/mol. The lowest BCUT2D eigenvalue weighted by molar-refractivity contribution is 0.357. The molecule has 0 radical (unpaired) electrons. The lowest BCUT2D eigenvalue weighted by Crippen LogP contribution is -2.10. The molecule has 0 aromatic heterocycles. The van der Waals surface area contributed by atoms with E-state index in [0.29, 0.717) is 0 Å². The topological polar surface area (TPSA) is 21.3 Å². The van der Waals surface area contributed by atoms with Crippen LogP contribution in [0, 0.1) is 5.82 Å². The van der Waals surface area contributed by atoms with E-state index in [9.17, 15) is 4.39 Å². The van der Waals surface area contributed by atoms with Gasteiger partial charge in [0.25, 0.3) is 0 Å². The van der Waals surface area contributed by atoms with E-state index in [4.69, 9.17) is 4.74 Å². The molecule has 1 heterocycles. The molecule has 0 amide bonds. The molecule has 0 saturated carbocycles. The molecule has 1 N–H and O–H groups in total. The van der Waals surface area contributed by atoms with Crippen LogP contribution >= 0.6 is 15.9 Å². The van der Waals surface area contributed by atoms with Gasteiger partial charge in [-0.3, -0.25) is 0 Å². The number of hydrogen-bond donors (Lipinski definition) is 1. The van der Waals surface area contributed by atoms with Crippen molar-refractivity contribution >= 4 is 21.6 Å². The monoisotopic (exact) mass is 349 g/mol. The fraction of sp³-hybridized carbons (Fsp3) is 0.294. The fourth-order valence-corrected chi connectivity index (χ4v) is 3.10. The fourth-order valence-electron chi connectivity index (χ4n) is 2.64. The molecule has 0 spiro atoms. The van der Waals surface area contributed by atoms with Crippen LogP contribution in [0.3, 0.4) is 0 Å². The first kappa shape index (κ1) is 14.4. The third kappa shape index (κ3) is 3.05. The zero-order chi connectivity index (χ0) is 14.8. The molecule has 0 bridgehead atoms. The summed E-state index contributed by atoms with van der Waals surface area (Å²) in [6, 6.07) is 11.3. The first-order chi connectivity index (χ1) is 10.2. The van der Waals surface area contributed by atoms with Crippen LogP contribution in [0.4, 0.5) is 10.1 Å². The SMILES string of the molecule is CCC(Nc1ccc(F)cc1Br)c1ccc2c(c1)CCO2. The number of nitrogens with one attached hydrogen (secondary N) is 1. The van der Waals surface area contributed by atoms with Gasteiger partial charge in [-0.1, -0.05) is 13.0 Å². The van der Waals surface area contributed by atoms with E-state index in [1.54, 1.807) is 6.07 Å². The van der Waals surface area contributed by atoms with E-state index in [1.807, 2.05) is 6.07 Å². The maximum absolute atomic E-state index is 13.2. The van der Waals surface area contributed by atoms with E-state index >= 15 is 0 Å². The van der Waals surface area contributed by atoms with Gasteiger partial charge in [0, 0.05) is 16.6 Å². The van der Waals surface area contributed by atoms with Crippen molar-refractivity contribution in [2.75, 3.05) is 11.9 Å². The highest BCUT2D eigenvalue weighted by Gasteiger charge is 2.16. The average Bonchev–Trinajstić information content (AvgIpc) is 2.94. The van der Waals surface area contributed by atoms with Crippen LogP contribution in [0.5, 0.6) is 5.75 Å². The quantitative estimate of drug-likeness (QED) is 0.830. The van der Waals surface area contributed by atoms with Crippen molar-refractivity contribution < 1.29 is 9.13 Å². The Morgan fingerprint density at radius 1 is 1.29 bits per heavy atom. The van der Waals surface area contributed by atoms with Crippen molar-refractivity contribution in [2.24, 2.45) is 0 Å².